The normalized spacial score (nSPS) is 11.9. The second-order valence-corrected chi connectivity index (χ2v) is 5.60. The minimum Gasteiger partial charge on any atom is -0.397 e. The molecular formula is C10H17N3O2S. The van der Waals surface area contributed by atoms with Crippen molar-refractivity contribution < 1.29 is 8.42 Å². The highest BCUT2D eigenvalue weighted by atomic mass is 32.2. The number of rotatable bonds is 4. The highest BCUT2D eigenvalue weighted by Gasteiger charge is 2.23. The maximum absolute atomic E-state index is 12.1. The predicted molar refractivity (Wildman–Crippen MR) is 65.4 cm³/mol. The van der Waals surface area contributed by atoms with E-state index in [1.807, 2.05) is 6.92 Å². The van der Waals surface area contributed by atoms with Crippen molar-refractivity contribution >= 4 is 21.4 Å². The molecule has 0 aliphatic rings. The van der Waals surface area contributed by atoms with Crippen molar-refractivity contribution in [1.82, 2.24) is 4.31 Å². The average molecular weight is 243 g/mol. The van der Waals surface area contributed by atoms with Gasteiger partial charge in [-0.3, -0.25) is 0 Å². The molecule has 0 saturated heterocycles. The first-order valence-corrected chi connectivity index (χ1v) is 6.45. The molecule has 0 radical (unpaired) electrons. The minimum absolute atomic E-state index is 0.0726. The monoisotopic (exact) mass is 243 g/mol. The molecule has 1 rings (SSSR count). The van der Waals surface area contributed by atoms with Gasteiger partial charge in [0.15, 0.2) is 0 Å². The van der Waals surface area contributed by atoms with Gasteiger partial charge in [-0.15, -0.1) is 0 Å². The second-order valence-electron chi connectivity index (χ2n) is 3.59. The average Bonchev–Trinajstić information content (AvgIpc) is 2.22. The van der Waals surface area contributed by atoms with Crippen molar-refractivity contribution in [3.05, 3.63) is 18.2 Å². The number of nitrogen functional groups attached to an aromatic ring is 2. The zero-order valence-electron chi connectivity index (χ0n) is 9.47. The summed E-state index contributed by atoms with van der Waals surface area (Å²) < 4.78 is 25.4. The summed E-state index contributed by atoms with van der Waals surface area (Å²) in [6.45, 7) is 2.37. The Morgan fingerprint density at radius 1 is 1.31 bits per heavy atom. The summed E-state index contributed by atoms with van der Waals surface area (Å²) in [5.41, 5.74) is 11.7. The SMILES string of the molecule is CCCN(C)S(=O)(=O)c1cccc(N)c1N. The van der Waals surface area contributed by atoms with Gasteiger partial charge in [0.1, 0.15) is 4.90 Å². The molecule has 0 aliphatic carbocycles. The summed E-state index contributed by atoms with van der Waals surface area (Å²) in [5.74, 6) is 0. The summed E-state index contributed by atoms with van der Waals surface area (Å²) in [7, 11) is -2.00. The predicted octanol–water partition coefficient (Wildman–Crippen LogP) is 0.882. The fraction of sp³-hybridized carbons (Fsp3) is 0.400. The molecule has 0 atom stereocenters. The maximum Gasteiger partial charge on any atom is 0.244 e. The van der Waals surface area contributed by atoms with Crippen LogP contribution in [0.5, 0.6) is 0 Å². The van der Waals surface area contributed by atoms with Crippen LogP contribution in [0.1, 0.15) is 13.3 Å². The molecule has 90 valence electrons. The van der Waals surface area contributed by atoms with E-state index in [9.17, 15) is 8.42 Å². The second kappa shape index (κ2) is 4.71. The van der Waals surface area contributed by atoms with Crippen molar-refractivity contribution in [2.75, 3.05) is 25.1 Å². The van der Waals surface area contributed by atoms with Gasteiger partial charge in [0, 0.05) is 13.6 Å². The van der Waals surface area contributed by atoms with Crippen molar-refractivity contribution in [3.8, 4) is 0 Å². The van der Waals surface area contributed by atoms with Crippen LogP contribution in [-0.4, -0.2) is 26.3 Å². The van der Waals surface area contributed by atoms with Gasteiger partial charge in [-0.1, -0.05) is 13.0 Å². The van der Waals surface area contributed by atoms with Crippen LogP contribution in [0.3, 0.4) is 0 Å². The van der Waals surface area contributed by atoms with Gasteiger partial charge in [-0.25, -0.2) is 12.7 Å². The number of nitrogens with zero attached hydrogens (tertiary/aromatic N) is 1. The van der Waals surface area contributed by atoms with Gasteiger partial charge in [0.25, 0.3) is 0 Å². The van der Waals surface area contributed by atoms with E-state index in [4.69, 9.17) is 11.5 Å². The van der Waals surface area contributed by atoms with Crippen molar-refractivity contribution in [2.45, 2.75) is 18.2 Å². The molecule has 0 unspecified atom stereocenters. The molecule has 0 heterocycles. The molecular weight excluding hydrogens is 226 g/mol. The summed E-state index contributed by atoms with van der Waals surface area (Å²) in [5, 5.41) is 0. The lowest BCUT2D eigenvalue weighted by atomic mass is 10.3. The minimum atomic E-state index is -3.53. The van der Waals surface area contributed by atoms with E-state index >= 15 is 0 Å². The number of anilines is 2. The Hall–Kier alpha value is -1.27. The molecule has 0 bridgehead atoms. The third-order valence-corrected chi connectivity index (χ3v) is 4.24. The van der Waals surface area contributed by atoms with Gasteiger partial charge < -0.3 is 11.5 Å². The van der Waals surface area contributed by atoms with Crippen LogP contribution >= 0.6 is 0 Å². The number of nitrogens with two attached hydrogens (primary N) is 2. The lowest BCUT2D eigenvalue weighted by Crippen LogP contribution is -2.28. The Bertz CT molecular complexity index is 471. The van der Waals surface area contributed by atoms with Crippen LogP contribution in [0, 0.1) is 0 Å². The largest absolute Gasteiger partial charge is 0.397 e. The molecule has 6 heteroatoms. The summed E-state index contributed by atoms with van der Waals surface area (Å²) in [6.07, 6.45) is 0.748. The Morgan fingerprint density at radius 3 is 2.50 bits per heavy atom. The van der Waals surface area contributed by atoms with Gasteiger partial charge >= 0.3 is 0 Å². The van der Waals surface area contributed by atoms with E-state index in [1.54, 1.807) is 12.1 Å². The number of para-hydroxylation sites is 1. The van der Waals surface area contributed by atoms with E-state index in [-0.39, 0.29) is 16.3 Å². The van der Waals surface area contributed by atoms with E-state index in [1.165, 1.54) is 17.4 Å². The molecule has 1 aromatic rings. The molecule has 1 aromatic carbocycles. The highest BCUT2D eigenvalue weighted by molar-refractivity contribution is 7.89. The van der Waals surface area contributed by atoms with Crippen LogP contribution < -0.4 is 11.5 Å². The van der Waals surface area contributed by atoms with E-state index in [0.29, 0.717) is 6.54 Å². The number of hydrogen-bond acceptors (Lipinski definition) is 4. The molecule has 0 aliphatic heterocycles. The lowest BCUT2D eigenvalue weighted by Gasteiger charge is -2.17. The van der Waals surface area contributed by atoms with Crippen molar-refractivity contribution in [2.24, 2.45) is 0 Å². The van der Waals surface area contributed by atoms with Crippen LogP contribution in [0.2, 0.25) is 0 Å². The Balaban J connectivity index is 3.22. The first kappa shape index (κ1) is 12.8. The Kier molecular flexibility index (Phi) is 3.77. The van der Waals surface area contributed by atoms with Gasteiger partial charge in [0.2, 0.25) is 10.0 Å². The molecule has 16 heavy (non-hydrogen) atoms. The first-order chi connectivity index (χ1) is 7.41. The summed E-state index contributed by atoms with van der Waals surface area (Å²) in [6, 6.07) is 4.62. The third kappa shape index (κ3) is 2.28. The fourth-order valence-corrected chi connectivity index (χ4v) is 2.79. The number of benzene rings is 1. The molecule has 0 aromatic heterocycles. The summed E-state index contributed by atoms with van der Waals surface area (Å²) in [4.78, 5) is 0.0726. The van der Waals surface area contributed by atoms with Crippen LogP contribution in [0.15, 0.2) is 23.1 Å². The van der Waals surface area contributed by atoms with E-state index in [0.717, 1.165) is 6.42 Å². The van der Waals surface area contributed by atoms with Gasteiger partial charge in [0.05, 0.1) is 11.4 Å². The Morgan fingerprint density at radius 2 is 1.94 bits per heavy atom. The first-order valence-electron chi connectivity index (χ1n) is 5.01. The van der Waals surface area contributed by atoms with Crippen molar-refractivity contribution in [3.63, 3.8) is 0 Å². The van der Waals surface area contributed by atoms with E-state index < -0.39 is 10.0 Å². The number of sulfonamides is 1. The third-order valence-electron chi connectivity index (χ3n) is 2.33. The molecule has 0 fully saturated rings. The summed E-state index contributed by atoms with van der Waals surface area (Å²) >= 11 is 0. The molecule has 5 nitrogen and oxygen atoms in total. The highest BCUT2D eigenvalue weighted by Crippen LogP contribution is 2.26. The van der Waals surface area contributed by atoms with Crippen LogP contribution in [0.25, 0.3) is 0 Å². The van der Waals surface area contributed by atoms with E-state index in [2.05, 4.69) is 0 Å². The molecule has 0 saturated carbocycles. The van der Waals surface area contributed by atoms with Gasteiger partial charge in [-0.05, 0) is 18.6 Å². The zero-order chi connectivity index (χ0) is 12.3. The molecule has 0 spiro atoms. The lowest BCUT2D eigenvalue weighted by molar-refractivity contribution is 0.469. The molecule has 4 N–H and O–H groups in total. The van der Waals surface area contributed by atoms with Gasteiger partial charge in [-0.2, -0.15) is 0 Å². The Labute approximate surface area is 96.1 Å². The van der Waals surface area contributed by atoms with Crippen molar-refractivity contribution in [1.29, 1.82) is 0 Å². The zero-order valence-corrected chi connectivity index (χ0v) is 10.3. The maximum atomic E-state index is 12.1. The van der Waals surface area contributed by atoms with Crippen LogP contribution in [-0.2, 0) is 10.0 Å². The fourth-order valence-electron chi connectivity index (χ4n) is 1.39. The topological polar surface area (TPSA) is 89.4 Å². The standard InChI is InChI=1S/C10H17N3O2S/c1-3-7-13(2)16(14,15)9-6-4-5-8(11)10(9)12/h4-6H,3,7,11-12H2,1-2H3. The molecule has 0 amide bonds. The van der Waals surface area contributed by atoms with Crippen LogP contribution in [0.4, 0.5) is 11.4 Å². The quantitative estimate of drug-likeness (QED) is 0.768. The number of hydrogen-bond donors (Lipinski definition) is 2. The smallest absolute Gasteiger partial charge is 0.244 e.